The molecule has 1 aromatic carbocycles. The maximum Gasteiger partial charge on any atom is 0.149 e. The summed E-state index contributed by atoms with van der Waals surface area (Å²) in [5.41, 5.74) is 9.25. The topological polar surface area (TPSA) is 54.7 Å². The van der Waals surface area contributed by atoms with Crippen molar-refractivity contribution in [1.82, 2.24) is 10.2 Å². The zero-order valence-electron chi connectivity index (χ0n) is 10.3. The molecule has 0 atom stereocenters. The molecular formula is C13H15BrIN3. The maximum absolute atomic E-state index is 5.96. The quantitative estimate of drug-likeness (QED) is 0.731. The number of rotatable bonds is 3. The number of H-pyrrole nitrogens is 1. The predicted molar refractivity (Wildman–Crippen MR) is 87.4 cm³/mol. The number of hydrogen-bond donors (Lipinski definition) is 2. The highest BCUT2D eigenvalue weighted by Gasteiger charge is 2.16. The van der Waals surface area contributed by atoms with E-state index in [1.165, 1.54) is 3.57 Å². The first-order valence-corrected chi connectivity index (χ1v) is 7.64. The van der Waals surface area contributed by atoms with Crippen molar-refractivity contribution in [2.75, 3.05) is 5.73 Å². The lowest BCUT2D eigenvalue weighted by Gasteiger charge is -2.09. The smallest absolute Gasteiger partial charge is 0.149 e. The van der Waals surface area contributed by atoms with Gasteiger partial charge in [0.1, 0.15) is 5.82 Å². The second-order valence-electron chi connectivity index (χ2n) is 4.68. The van der Waals surface area contributed by atoms with Gasteiger partial charge >= 0.3 is 0 Å². The summed E-state index contributed by atoms with van der Waals surface area (Å²) in [5, 5.41) is 7.21. The number of halogens is 2. The molecule has 2 rings (SSSR count). The minimum absolute atomic E-state index is 0.550. The lowest BCUT2D eigenvalue weighted by molar-refractivity contribution is 0.649. The molecule has 3 N–H and O–H groups in total. The molecule has 0 amide bonds. The molecule has 0 aliphatic heterocycles. The van der Waals surface area contributed by atoms with E-state index in [1.54, 1.807) is 0 Å². The van der Waals surface area contributed by atoms with Gasteiger partial charge in [0.15, 0.2) is 0 Å². The van der Waals surface area contributed by atoms with Gasteiger partial charge in [-0.25, -0.2) is 0 Å². The number of benzene rings is 1. The number of aromatic nitrogens is 2. The number of nitrogens with one attached hydrogen (secondary N) is 1. The summed E-state index contributed by atoms with van der Waals surface area (Å²) >= 11 is 5.84. The third-order valence-electron chi connectivity index (χ3n) is 2.71. The van der Waals surface area contributed by atoms with Crippen molar-refractivity contribution in [3.8, 4) is 11.3 Å². The highest BCUT2D eigenvalue weighted by atomic mass is 127. The van der Waals surface area contributed by atoms with Crippen molar-refractivity contribution >= 4 is 44.3 Å². The monoisotopic (exact) mass is 419 g/mol. The molecule has 2 aromatic rings. The molecule has 0 saturated heterocycles. The molecule has 96 valence electrons. The van der Waals surface area contributed by atoms with E-state index >= 15 is 0 Å². The van der Waals surface area contributed by atoms with Crippen LogP contribution in [0.3, 0.4) is 0 Å². The first kappa shape index (κ1) is 13.9. The third kappa shape index (κ3) is 2.88. The van der Waals surface area contributed by atoms with Crippen LogP contribution in [-0.4, -0.2) is 10.2 Å². The third-order valence-corrected chi connectivity index (χ3v) is 4.14. The van der Waals surface area contributed by atoms with Crippen molar-refractivity contribution in [2.45, 2.75) is 20.3 Å². The number of nitrogen functional groups attached to an aromatic ring is 1. The van der Waals surface area contributed by atoms with E-state index in [4.69, 9.17) is 5.73 Å². The first-order valence-electron chi connectivity index (χ1n) is 5.77. The molecule has 1 aromatic heterocycles. The van der Waals surface area contributed by atoms with Crippen LogP contribution in [0.25, 0.3) is 11.3 Å². The van der Waals surface area contributed by atoms with Crippen LogP contribution in [-0.2, 0) is 6.42 Å². The summed E-state index contributed by atoms with van der Waals surface area (Å²) < 4.78 is 2.24. The molecule has 0 unspecified atom stereocenters. The zero-order valence-corrected chi connectivity index (χ0v) is 14.0. The highest BCUT2D eigenvalue weighted by molar-refractivity contribution is 14.1. The summed E-state index contributed by atoms with van der Waals surface area (Å²) in [6.45, 7) is 4.37. The van der Waals surface area contributed by atoms with E-state index in [9.17, 15) is 0 Å². The van der Waals surface area contributed by atoms with Crippen LogP contribution in [0.2, 0.25) is 0 Å². The van der Waals surface area contributed by atoms with Crippen molar-refractivity contribution < 1.29 is 0 Å². The predicted octanol–water partition coefficient (Wildman–Crippen LogP) is 4.22. The maximum atomic E-state index is 5.96. The molecule has 5 heteroatoms. The van der Waals surface area contributed by atoms with Crippen molar-refractivity contribution in [3.63, 3.8) is 0 Å². The van der Waals surface area contributed by atoms with Crippen LogP contribution in [0.15, 0.2) is 22.7 Å². The Morgan fingerprint density at radius 1 is 1.44 bits per heavy atom. The Morgan fingerprint density at radius 2 is 2.17 bits per heavy atom. The first-order chi connectivity index (χ1) is 8.49. The van der Waals surface area contributed by atoms with Crippen LogP contribution in [0, 0.1) is 9.49 Å². The molecule has 0 fully saturated rings. The van der Waals surface area contributed by atoms with E-state index in [2.05, 4.69) is 74.7 Å². The normalized spacial score (nSPS) is 11.2. The van der Waals surface area contributed by atoms with Gasteiger partial charge in [-0.2, -0.15) is 5.10 Å². The Bertz CT molecular complexity index is 563. The summed E-state index contributed by atoms with van der Waals surface area (Å²) in [7, 11) is 0. The average Bonchev–Trinajstić information content (AvgIpc) is 2.64. The fourth-order valence-corrected chi connectivity index (χ4v) is 2.87. The summed E-state index contributed by atoms with van der Waals surface area (Å²) in [5.74, 6) is 1.16. The van der Waals surface area contributed by atoms with Crippen LogP contribution in [0.4, 0.5) is 5.82 Å². The van der Waals surface area contributed by atoms with Gasteiger partial charge in [-0.15, -0.1) is 0 Å². The van der Waals surface area contributed by atoms with Gasteiger partial charge in [0.25, 0.3) is 0 Å². The number of hydrogen-bond acceptors (Lipinski definition) is 2. The largest absolute Gasteiger partial charge is 0.382 e. The van der Waals surface area contributed by atoms with Gasteiger partial charge in [0, 0.05) is 19.2 Å². The lowest BCUT2D eigenvalue weighted by atomic mass is 9.99. The van der Waals surface area contributed by atoms with Gasteiger partial charge < -0.3 is 5.73 Å². The molecule has 0 aliphatic rings. The molecule has 3 nitrogen and oxygen atoms in total. The van der Waals surface area contributed by atoms with E-state index in [-0.39, 0.29) is 0 Å². The van der Waals surface area contributed by atoms with Crippen molar-refractivity contribution in [3.05, 3.63) is 31.8 Å². The van der Waals surface area contributed by atoms with Gasteiger partial charge in [0.05, 0.1) is 5.69 Å². The average molecular weight is 420 g/mol. The van der Waals surface area contributed by atoms with E-state index in [0.717, 1.165) is 27.7 Å². The van der Waals surface area contributed by atoms with E-state index in [1.807, 2.05) is 6.07 Å². The Balaban J connectivity index is 2.53. The minimum Gasteiger partial charge on any atom is -0.382 e. The molecule has 1 heterocycles. The zero-order chi connectivity index (χ0) is 13.3. The van der Waals surface area contributed by atoms with Gasteiger partial charge in [-0.05, 0) is 53.1 Å². The summed E-state index contributed by atoms with van der Waals surface area (Å²) in [6.07, 6.45) is 0.931. The molecule has 0 radical (unpaired) electrons. The standard InChI is InChI=1S/C13H15BrIN3/c1-7(2)5-10-12(17-18-13(10)16)9-6-8(14)3-4-11(9)15/h3-4,6-7H,5H2,1-2H3,(H3,16,17,18). The van der Waals surface area contributed by atoms with Crippen molar-refractivity contribution in [2.24, 2.45) is 5.92 Å². The molecule has 0 aliphatic carbocycles. The molecule has 18 heavy (non-hydrogen) atoms. The molecule has 0 bridgehead atoms. The summed E-state index contributed by atoms with van der Waals surface area (Å²) in [6, 6.07) is 6.21. The fraction of sp³-hybridized carbons (Fsp3) is 0.308. The van der Waals surface area contributed by atoms with Crippen LogP contribution in [0.5, 0.6) is 0 Å². The van der Waals surface area contributed by atoms with Crippen molar-refractivity contribution in [1.29, 1.82) is 0 Å². The Labute approximate surface area is 129 Å². The number of nitrogens with zero attached hydrogens (tertiary/aromatic N) is 1. The van der Waals surface area contributed by atoms with Crippen LogP contribution < -0.4 is 5.73 Å². The molecule has 0 spiro atoms. The Hall–Kier alpha value is -0.560. The highest BCUT2D eigenvalue weighted by Crippen LogP contribution is 2.32. The summed E-state index contributed by atoms with van der Waals surface area (Å²) in [4.78, 5) is 0. The molecular weight excluding hydrogens is 405 g/mol. The van der Waals surface area contributed by atoms with Crippen LogP contribution >= 0.6 is 38.5 Å². The Morgan fingerprint density at radius 3 is 2.83 bits per heavy atom. The second kappa shape index (κ2) is 5.61. The number of aromatic amines is 1. The van der Waals surface area contributed by atoms with Gasteiger partial charge in [0.2, 0.25) is 0 Å². The number of anilines is 1. The van der Waals surface area contributed by atoms with Crippen LogP contribution in [0.1, 0.15) is 19.4 Å². The van der Waals surface area contributed by atoms with E-state index in [0.29, 0.717) is 11.7 Å². The van der Waals surface area contributed by atoms with E-state index < -0.39 is 0 Å². The number of nitrogens with two attached hydrogens (primary N) is 1. The molecule has 0 saturated carbocycles. The Kier molecular flexibility index (Phi) is 4.32. The SMILES string of the molecule is CC(C)Cc1c(N)n[nH]c1-c1cc(Br)ccc1I. The van der Waals surface area contributed by atoms with Gasteiger partial charge in [-0.3, -0.25) is 5.10 Å². The minimum atomic E-state index is 0.550. The van der Waals surface area contributed by atoms with Gasteiger partial charge in [-0.1, -0.05) is 29.8 Å². The second-order valence-corrected chi connectivity index (χ2v) is 6.76. The fourth-order valence-electron chi connectivity index (χ4n) is 1.91. The lowest BCUT2D eigenvalue weighted by Crippen LogP contribution is -1.99.